The summed E-state index contributed by atoms with van der Waals surface area (Å²) in [6, 6.07) is 13.4. The number of hydrogen-bond acceptors (Lipinski definition) is 6. The highest BCUT2D eigenvalue weighted by molar-refractivity contribution is 7.13. The molecule has 8 heteroatoms. The number of carbonyl (C=O) groups is 2. The minimum atomic E-state index is 0.0387. The molecular formula is C24H26N4O3S. The predicted molar refractivity (Wildman–Crippen MR) is 124 cm³/mol. The van der Waals surface area contributed by atoms with E-state index in [-0.39, 0.29) is 18.2 Å². The number of hydrogen-bond donors (Lipinski definition) is 0. The minimum absolute atomic E-state index is 0.0387. The Labute approximate surface area is 191 Å². The third kappa shape index (κ3) is 5.31. The van der Waals surface area contributed by atoms with Gasteiger partial charge in [-0.3, -0.25) is 14.6 Å². The molecule has 0 atom stereocenters. The molecule has 7 nitrogen and oxygen atoms in total. The van der Waals surface area contributed by atoms with Gasteiger partial charge in [-0.1, -0.05) is 18.2 Å². The van der Waals surface area contributed by atoms with Gasteiger partial charge in [0.1, 0.15) is 10.8 Å². The molecule has 0 saturated carbocycles. The molecule has 1 fully saturated rings. The molecule has 1 aliphatic rings. The monoisotopic (exact) mass is 450 g/mol. The number of aromatic nitrogens is 2. The number of carbonyl (C=O) groups excluding carboxylic acids is 2. The smallest absolute Gasteiger partial charge is 0.228 e. The number of benzene rings is 1. The van der Waals surface area contributed by atoms with Gasteiger partial charge in [0, 0.05) is 43.4 Å². The van der Waals surface area contributed by atoms with Crippen molar-refractivity contribution < 1.29 is 14.3 Å². The van der Waals surface area contributed by atoms with Crippen LogP contribution in [0.25, 0.3) is 10.6 Å². The summed E-state index contributed by atoms with van der Waals surface area (Å²) in [4.78, 5) is 37.8. The zero-order chi connectivity index (χ0) is 22.3. The van der Waals surface area contributed by atoms with E-state index < -0.39 is 0 Å². The number of pyridine rings is 1. The van der Waals surface area contributed by atoms with E-state index in [0.717, 1.165) is 27.7 Å². The fourth-order valence-corrected chi connectivity index (χ4v) is 4.53. The summed E-state index contributed by atoms with van der Waals surface area (Å²) in [7, 11) is 0. The SMILES string of the molecule is CCOc1ccccc1-c1nc(CC(=O)N2CCN(C(=O)Cc3ccccn3)CC2)cs1. The van der Waals surface area contributed by atoms with Crippen molar-refractivity contribution in [1.29, 1.82) is 0 Å². The fraction of sp³-hybridized carbons (Fsp3) is 0.333. The lowest BCUT2D eigenvalue weighted by atomic mass is 10.2. The van der Waals surface area contributed by atoms with Gasteiger partial charge < -0.3 is 14.5 Å². The summed E-state index contributed by atoms with van der Waals surface area (Å²) in [5.41, 5.74) is 2.47. The van der Waals surface area contributed by atoms with Gasteiger partial charge in [0.2, 0.25) is 11.8 Å². The molecule has 1 saturated heterocycles. The number of ether oxygens (including phenoxy) is 1. The number of amides is 2. The molecule has 4 rings (SSSR count). The van der Waals surface area contributed by atoms with Crippen molar-refractivity contribution in [3.63, 3.8) is 0 Å². The molecule has 1 aliphatic heterocycles. The van der Waals surface area contributed by atoms with Crippen LogP contribution in [0.5, 0.6) is 5.75 Å². The Morgan fingerprint density at radius 2 is 1.59 bits per heavy atom. The van der Waals surface area contributed by atoms with Crippen LogP contribution in [0.4, 0.5) is 0 Å². The van der Waals surface area contributed by atoms with Crippen LogP contribution >= 0.6 is 11.3 Å². The standard InChI is InChI=1S/C24H26N4O3S/c1-2-31-21-9-4-3-8-20(21)24-26-19(17-32-24)16-23(30)28-13-11-27(12-14-28)22(29)15-18-7-5-6-10-25-18/h3-10,17H,2,11-16H2,1H3. The average molecular weight is 451 g/mol. The molecule has 1 aromatic carbocycles. The third-order valence-corrected chi connectivity index (χ3v) is 6.27. The first kappa shape index (κ1) is 22.0. The maximum Gasteiger partial charge on any atom is 0.228 e. The number of piperazine rings is 1. The second-order valence-corrected chi connectivity index (χ2v) is 8.37. The maximum atomic E-state index is 12.8. The van der Waals surface area contributed by atoms with Crippen LogP contribution in [0.1, 0.15) is 18.3 Å². The largest absolute Gasteiger partial charge is 0.493 e. The Morgan fingerprint density at radius 1 is 0.938 bits per heavy atom. The van der Waals surface area contributed by atoms with Crippen LogP contribution in [0.15, 0.2) is 54.0 Å². The van der Waals surface area contributed by atoms with E-state index in [4.69, 9.17) is 4.74 Å². The normalized spacial score (nSPS) is 13.8. The highest BCUT2D eigenvalue weighted by Crippen LogP contribution is 2.32. The molecule has 3 aromatic rings. The lowest BCUT2D eigenvalue weighted by molar-refractivity contribution is -0.138. The van der Waals surface area contributed by atoms with Gasteiger partial charge in [0.05, 0.1) is 30.7 Å². The molecule has 0 spiro atoms. The summed E-state index contributed by atoms with van der Waals surface area (Å²) >= 11 is 1.52. The van der Waals surface area contributed by atoms with Crippen LogP contribution in [0.3, 0.4) is 0 Å². The zero-order valence-corrected chi connectivity index (χ0v) is 18.9. The first-order valence-electron chi connectivity index (χ1n) is 10.8. The van der Waals surface area contributed by atoms with E-state index in [1.54, 1.807) is 6.20 Å². The zero-order valence-electron chi connectivity index (χ0n) is 18.1. The van der Waals surface area contributed by atoms with E-state index in [9.17, 15) is 9.59 Å². The van der Waals surface area contributed by atoms with Crippen LogP contribution < -0.4 is 4.74 Å². The van der Waals surface area contributed by atoms with Gasteiger partial charge in [0.15, 0.2) is 0 Å². The highest BCUT2D eigenvalue weighted by Gasteiger charge is 2.25. The quantitative estimate of drug-likeness (QED) is 0.553. The van der Waals surface area contributed by atoms with E-state index in [1.165, 1.54) is 11.3 Å². The summed E-state index contributed by atoms with van der Waals surface area (Å²) in [6.45, 7) is 4.70. The molecule has 0 radical (unpaired) electrons. The average Bonchev–Trinajstić information content (AvgIpc) is 3.28. The number of rotatable bonds is 7. The second kappa shape index (κ2) is 10.4. The van der Waals surface area contributed by atoms with Crippen molar-refractivity contribution in [2.24, 2.45) is 0 Å². The van der Waals surface area contributed by atoms with E-state index in [1.807, 2.05) is 64.6 Å². The Kier molecular flexibility index (Phi) is 7.11. The van der Waals surface area contributed by atoms with Crippen molar-refractivity contribution in [2.45, 2.75) is 19.8 Å². The second-order valence-electron chi connectivity index (χ2n) is 7.51. The first-order chi connectivity index (χ1) is 15.6. The highest BCUT2D eigenvalue weighted by atomic mass is 32.1. The molecule has 2 amide bonds. The summed E-state index contributed by atoms with van der Waals surface area (Å²) in [5, 5.41) is 2.78. The van der Waals surface area contributed by atoms with Crippen molar-refractivity contribution in [3.8, 4) is 16.3 Å². The lowest BCUT2D eigenvalue weighted by Crippen LogP contribution is -2.51. The molecule has 0 N–H and O–H groups in total. The lowest BCUT2D eigenvalue weighted by Gasteiger charge is -2.34. The first-order valence-corrected chi connectivity index (χ1v) is 11.6. The van der Waals surface area contributed by atoms with E-state index in [2.05, 4.69) is 9.97 Å². The van der Waals surface area contributed by atoms with Crippen LogP contribution in [0.2, 0.25) is 0 Å². The number of nitrogens with zero attached hydrogens (tertiary/aromatic N) is 4. The molecule has 0 bridgehead atoms. The van der Waals surface area contributed by atoms with Crippen molar-refractivity contribution in [2.75, 3.05) is 32.8 Å². The molecule has 0 unspecified atom stereocenters. The van der Waals surface area contributed by atoms with Crippen molar-refractivity contribution in [1.82, 2.24) is 19.8 Å². The Morgan fingerprint density at radius 3 is 2.25 bits per heavy atom. The van der Waals surface area contributed by atoms with Gasteiger partial charge >= 0.3 is 0 Å². The van der Waals surface area contributed by atoms with Gasteiger partial charge in [-0.25, -0.2) is 4.98 Å². The van der Waals surface area contributed by atoms with Crippen LogP contribution in [-0.2, 0) is 22.4 Å². The summed E-state index contributed by atoms with van der Waals surface area (Å²) < 4.78 is 5.70. The minimum Gasteiger partial charge on any atom is -0.493 e. The number of para-hydroxylation sites is 1. The Balaban J connectivity index is 1.31. The predicted octanol–water partition coefficient (Wildman–Crippen LogP) is 3.06. The fourth-order valence-electron chi connectivity index (χ4n) is 3.68. The molecule has 2 aromatic heterocycles. The van der Waals surface area contributed by atoms with E-state index >= 15 is 0 Å². The Bertz CT molecular complexity index is 1060. The van der Waals surface area contributed by atoms with Crippen LogP contribution in [-0.4, -0.2) is 64.4 Å². The molecule has 3 heterocycles. The maximum absolute atomic E-state index is 12.8. The van der Waals surface area contributed by atoms with Crippen LogP contribution in [0, 0.1) is 0 Å². The van der Waals surface area contributed by atoms with Gasteiger partial charge in [0.25, 0.3) is 0 Å². The summed E-state index contributed by atoms with van der Waals surface area (Å²) in [6.07, 6.45) is 2.24. The molecular weight excluding hydrogens is 424 g/mol. The van der Waals surface area contributed by atoms with Crippen molar-refractivity contribution in [3.05, 3.63) is 65.4 Å². The van der Waals surface area contributed by atoms with Crippen molar-refractivity contribution >= 4 is 23.2 Å². The van der Waals surface area contributed by atoms with E-state index in [0.29, 0.717) is 39.2 Å². The summed E-state index contributed by atoms with van der Waals surface area (Å²) in [5.74, 6) is 0.887. The number of thiazole rings is 1. The van der Waals surface area contributed by atoms with Gasteiger partial charge in [-0.15, -0.1) is 11.3 Å². The molecule has 32 heavy (non-hydrogen) atoms. The van der Waals surface area contributed by atoms with Gasteiger partial charge in [-0.2, -0.15) is 0 Å². The third-order valence-electron chi connectivity index (χ3n) is 5.34. The topological polar surface area (TPSA) is 75.6 Å². The Hall–Kier alpha value is -3.26. The molecule has 166 valence electrons. The molecule has 0 aliphatic carbocycles. The van der Waals surface area contributed by atoms with Gasteiger partial charge in [-0.05, 0) is 31.2 Å².